The lowest BCUT2D eigenvalue weighted by Gasteiger charge is -2.38. The summed E-state index contributed by atoms with van der Waals surface area (Å²) in [7, 11) is -8.24. The molecule has 15 heteroatoms. The van der Waals surface area contributed by atoms with Gasteiger partial charge in [0.15, 0.2) is 0 Å². The Labute approximate surface area is 248 Å². The number of benzene rings is 4. The molecule has 0 aromatic heterocycles. The lowest BCUT2D eigenvalue weighted by molar-refractivity contribution is -0.288. The highest BCUT2D eigenvalue weighted by atomic mass is 32.2. The maximum atomic E-state index is 14.5. The fourth-order valence-corrected chi connectivity index (χ4v) is 6.49. The summed E-state index contributed by atoms with van der Waals surface area (Å²) in [5.41, 5.74) is -6.73. The molecule has 0 bridgehead atoms. The Morgan fingerprint density at radius 1 is 0.636 bits per heavy atom. The van der Waals surface area contributed by atoms with E-state index in [-0.39, 0.29) is 27.4 Å². The Kier molecular flexibility index (Phi) is 8.54. The predicted octanol–water partition coefficient (Wildman–Crippen LogP) is 7.29. The van der Waals surface area contributed by atoms with Gasteiger partial charge in [-0.15, -0.1) is 0 Å². The minimum Gasteiger partial charge on any atom is -0.495 e. The number of alkyl halides is 6. The Hall–Kier alpha value is -4.08. The molecule has 4 rings (SSSR count). The van der Waals surface area contributed by atoms with E-state index in [4.69, 9.17) is 4.74 Å². The van der Waals surface area contributed by atoms with Gasteiger partial charge in [-0.2, -0.15) is 34.8 Å². The van der Waals surface area contributed by atoms with Crippen molar-refractivity contribution in [2.45, 2.75) is 39.4 Å². The first-order valence-corrected chi connectivity index (χ1v) is 15.2. The number of ether oxygens (including phenoxy) is 2. The van der Waals surface area contributed by atoms with Crippen LogP contribution >= 0.6 is 0 Å². The molecule has 0 aliphatic heterocycles. The smallest absolute Gasteiger partial charge is 0.411 e. The standard InChI is InChI=1S/C29H22F6O7S2/c1-18-3-12-23(13-4-18)43(36,37)24-14-10-22(11-15-24)42-21-8-5-19(6-9-21)27(28(30,31)32,29(33,34)35)20-7-16-25(41-2)26(17-20)44(38,39)40/h3-17H,1-2H3,(H,38,39,40). The second-order valence-corrected chi connectivity index (χ2v) is 12.8. The molecular weight excluding hydrogens is 638 g/mol. The van der Waals surface area contributed by atoms with Gasteiger partial charge in [-0.1, -0.05) is 35.9 Å². The molecule has 234 valence electrons. The minimum atomic E-state index is -6.04. The summed E-state index contributed by atoms with van der Waals surface area (Å²) in [6, 6.07) is 14.9. The Morgan fingerprint density at radius 3 is 1.50 bits per heavy atom. The topological polar surface area (TPSA) is 107 Å². The molecule has 0 saturated heterocycles. The van der Waals surface area contributed by atoms with E-state index in [1.165, 1.54) is 36.4 Å². The first-order valence-electron chi connectivity index (χ1n) is 12.3. The van der Waals surface area contributed by atoms with Gasteiger partial charge in [-0.05, 0) is 78.7 Å². The van der Waals surface area contributed by atoms with E-state index in [0.29, 0.717) is 24.3 Å². The van der Waals surface area contributed by atoms with Gasteiger partial charge in [0.1, 0.15) is 22.1 Å². The van der Waals surface area contributed by atoms with Gasteiger partial charge < -0.3 is 9.47 Å². The molecule has 44 heavy (non-hydrogen) atoms. The molecule has 1 N–H and O–H groups in total. The van der Waals surface area contributed by atoms with E-state index in [1.807, 2.05) is 0 Å². The van der Waals surface area contributed by atoms with Crippen LogP contribution in [-0.4, -0.2) is 40.9 Å². The summed E-state index contributed by atoms with van der Waals surface area (Å²) in [5, 5.41) is 0. The third kappa shape index (κ3) is 5.99. The lowest BCUT2D eigenvalue weighted by atomic mass is 9.73. The van der Waals surface area contributed by atoms with Gasteiger partial charge in [0, 0.05) is 0 Å². The first-order chi connectivity index (χ1) is 20.3. The molecule has 0 heterocycles. The zero-order valence-corrected chi connectivity index (χ0v) is 24.3. The zero-order valence-electron chi connectivity index (χ0n) is 22.6. The monoisotopic (exact) mass is 660 g/mol. The maximum absolute atomic E-state index is 14.5. The van der Waals surface area contributed by atoms with Crippen molar-refractivity contribution in [3.8, 4) is 17.2 Å². The van der Waals surface area contributed by atoms with E-state index in [9.17, 15) is 47.7 Å². The predicted molar refractivity (Wildman–Crippen MR) is 145 cm³/mol. The molecular formula is C29H22F6O7S2. The van der Waals surface area contributed by atoms with Crippen LogP contribution in [0.5, 0.6) is 17.2 Å². The molecule has 0 aliphatic rings. The van der Waals surface area contributed by atoms with Gasteiger partial charge in [-0.3, -0.25) is 4.55 Å². The normalized spacial score (nSPS) is 13.0. The molecule has 0 spiro atoms. The van der Waals surface area contributed by atoms with E-state index in [0.717, 1.165) is 24.8 Å². The molecule has 7 nitrogen and oxygen atoms in total. The number of hydrogen-bond donors (Lipinski definition) is 1. The van der Waals surface area contributed by atoms with Crippen molar-refractivity contribution < 1.29 is 57.2 Å². The SMILES string of the molecule is COc1ccc(C(c2ccc(Oc3ccc(S(=O)(=O)c4ccc(C)cc4)cc3)cc2)(C(F)(F)F)C(F)(F)F)cc1S(=O)(=O)O. The molecule has 0 atom stereocenters. The Balaban J connectivity index is 1.72. The van der Waals surface area contributed by atoms with Crippen LogP contribution in [0.2, 0.25) is 0 Å². The van der Waals surface area contributed by atoms with Crippen LogP contribution in [0.25, 0.3) is 0 Å². The second kappa shape index (κ2) is 11.4. The maximum Gasteiger partial charge on any atom is 0.411 e. The highest BCUT2D eigenvalue weighted by molar-refractivity contribution is 7.91. The van der Waals surface area contributed by atoms with Crippen molar-refractivity contribution in [2.24, 2.45) is 0 Å². The minimum absolute atomic E-state index is 0.0338. The molecule has 4 aromatic rings. The summed E-state index contributed by atoms with van der Waals surface area (Å²) in [5.74, 6) is -0.822. The lowest BCUT2D eigenvalue weighted by Crippen LogP contribution is -2.54. The van der Waals surface area contributed by atoms with E-state index < -0.39 is 59.5 Å². The molecule has 4 aromatic carbocycles. The number of methoxy groups -OCH3 is 1. The van der Waals surface area contributed by atoms with Crippen molar-refractivity contribution in [1.82, 2.24) is 0 Å². The summed E-state index contributed by atoms with van der Waals surface area (Å²) >= 11 is 0. The Morgan fingerprint density at radius 2 is 1.07 bits per heavy atom. The number of halogens is 6. The van der Waals surface area contributed by atoms with Crippen LogP contribution < -0.4 is 9.47 Å². The van der Waals surface area contributed by atoms with E-state index in [2.05, 4.69) is 4.74 Å². The largest absolute Gasteiger partial charge is 0.495 e. The molecule has 0 radical (unpaired) electrons. The summed E-state index contributed by atoms with van der Waals surface area (Å²) in [6.07, 6.45) is -12.1. The van der Waals surface area contributed by atoms with Crippen LogP contribution in [-0.2, 0) is 25.4 Å². The number of hydrogen-bond acceptors (Lipinski definition) is 6. The molecule has 0 amide bonds. The Bertz CT molecular complexity index is 1850. The van der Waals surface area contributed by atoms with Crippen molar-refractivity contribution in [2.75, 3.05) is 7.11 Å². The summed E-state index contributed by atoms with van der Waals surface area (Å²) in [6.45, 7) is 1.79. The van der Waals surface area contributed by atoms with Crippen molar-refractivity contribution >= 4 is 20.0 Å². The fraction of sp³-hybridized carbons (Fsp3) is 0.172. The molecule has 0 fully saturated rings. The number of aryl methyl sites for hydroxylation is 1. The number of sulfone groups is 1. The van der Waals surface area contributed by atoms with Crippen LogP contribution in [0.15, 0.2) is 106 Å². The van der Waals surface area contributed by atoms with E-state index >= 15 is 0 Å². The quantitative estimate of drug-likeness (QED) is 0.156. The van der Waals surface area contributed by atoms with Crippen molar-refractivity contribution in [3.05, 3.63) is 108 Å². The molecule has 0 aliphatic carbocycles. The van der Waals surface area contributed by atoms with Crippen LogP contribution in [0.3, 0.4) is 0 Å². The third-order valence-corrected chi connectivity index (χ3v) is 9.37. The zero-order chi connectivity index (χ0) is 32.7. The highest BCUT2D eigenvalue weighted by Crippen LogP contribution is 2.57. The van der Waals surface area contributed by atoms with E-state index in [1.54, 1.807) is 19.1 Å². The average Bonchev–Trinajstić information content (AvgIpc) is 2.93. The summed E-state index contributed by atoms with van der Waals surface area (Å²) < 4.78 is 156. The van der Waals surface area contributed by atoms with Crippen molar-refractivity contribution in [1.29, 1.82) is 0 Å². The second-order valence-electron chi connectivity index (χ2n) is 9.50. The van der Waals surface area contributed by atoms with Gasteiger partial charge in [-0.25, -0.2) is 8.42 Å². The number of rotatable bonds is 8. The van der Waals surface area contributed by atoms with Gasteiger partial charge in [0.05, 0.1) is 16.9 Å². The fourth-order valence-electron chi connectivity index (χ4n) is 4.54. The van der Waals surface area contributed by atoms with Gasteiger partial charge in [0.2, 0.25) is 15.3 Å². The molecule has 0 saturated carbocycles. The molecule has 0 unspecified atom stereocenters. The van der Waals surface area contributed by atoms with Crippen molar-refractivity contribution in [3.63, 3.8) is 0 Å². The average molecular weight is 661 g/mol. The first kappa shape index (κ1) is 32.8. The van der Waals surface area contributed by atoms with Crippen LogP contribution in [0.1, 0.15) is 16.7 Å². The van der Waals surface area contributed by atoms with Gasteiger partial charge in [0.25, 0.3) is 10.1 Å². The van der Waals surface area contributed by atoms with Crippen LogP contribution in [0, 0.1) is 6.92 Å². The van der Waals surface area contributed by atoms with Crippen LogP contribution in [0.4, 0.5) is 26.3 Å². The highest BCUT2D eigenvalue weighted by Gasteiger charge is 2.72. The third-order valence-electron chi connectivity index (χ3n) is 6.71. The summed E-state index contributed by atoms with van der Waals surface area (Å²) in [4.78, 5) is -1.32. The van der Waals surface area contributed by atoms with Gasteiger partial charge >= 0.3 is 12.4 Å².